The van der Waals surface area contributed by atoms with Gasteiger partial charge < -0.3 is 10.1 Å². The van der Waals surface area contributed by atoms with E-state index in [9.17, 15) is 8.42 Å². The zero-order chi connectivity index (χ0) is 12.7. The van der Waals surface area contributed by atoms with Crippen molar-refractivity contribution in [1.29, 1.82) is 0 Å². The van der Waals surface area contributed by atoms with Crippen molar-refractivity contribution in [2.24, 2.45) is 5.92 Å². The highest BCUT2D eigenvalue weighted by atomic mass is 32.2. The molecule has 1 rings (SSSR count). The van der Waals surface area contributed by atoms with Crippen molar-refractivity contribution in [3.8, 4) is 0 Å². The van der Waals surface area contributed by atoms with E-state index in [1.54, 1.807) is 7.05 Å². The maximum atomic E-state index is 12.0. The highest BCUT2D eigenvalue weighted by Gasteiger charge is 2.24. The maximum absolute atomic E-state index is 12.0. The fourth-order valence-electron chi connectivity index (χ4n) is 1.97. The second kappa shape index (κ2) is 7.31. The zero-order valence-electron chi connectivity index (χ0n) is 10.8. The van der Waals surface area contributed by atoms with Crippen LogP contribution in [-0.2, 0) is 14.8 Å². The van der Waals surface area contributed by atoms with E-state index in [1.807, 2.05) is 6.92 Å². The molecule has 0 aromatic rings. The average Bonchev–Trinajstić information content (AvgIpc) is 2.30. The highest BCUT2D eigenvalue weighted by molar-refractivity contribution is 7.89. The van der Waals surface area contributed by atoms with Crippen LogP contribution in [-0.4, -0.2) is 58.4 Å². The molecule has 17 heavy (non-hydrogen) atoms. The Balaban J connectivity index is 2.37. The molecular weight excluding hydrogens is 240 g/mol. The van der Waals surface area contributed by atoms with Crippen LogP contribution in [0.2, 0.25) is 0 Å². The number of sulfonamides is 1. The summed E-state index contributed by atoms with van der Waals surface area (Å²) in [7, 11) is -1.50. The van der Waals surface area contributed by atoms with Gasteiger partial charge in [0.25, 0.3) is 0 Å². The Morgan fingerprint density at radius 3 is 2.82 bits per heavy atom. The lowest BCUT2D eigenvalue weighted by atomic mass is 10.0. The van der Waals surface area contributed by atoms with Crippen LogP contribution in [0.1, 0.15) is 19.8 Å². The molecule has 102 valence electrons. The van der Waals surface area contributed by atoms with Crippen LogP contribution in [0.4, 0.5) is 0 Å². The van der Waals surface area contributed by atoms with Crippen molar-refractivity contribution in [2.75, 3.05) is 45.6 Å². The fraction of sp³-hybridized carbons (Fsp3) is 1.00. The van der Waals surface area contributed by atoms with Gasteiger partial charge in [0.2, 0.25) is 10.0 Å². The Morgan fingerprint density at radius 1 is 1.47 bits per heavy atom. The molecule has 1 N–H and O–H groups in total. The van der Waals surface area contributed by atoms with E-state index < -0.39 is 10.0 Å². The molecule has 1 unspecified atom stereocenters. The summed E-state index contributed by atoms with van der Waals surface area (Å²) in [6.07, 6.45) is 2.08. The standard InChI is InChI=1S/C11H24N2O3S/c1-3-16-8-7-13(2)17(14,15)10-11-5-4-6-12-9-11/h11-12H,3-10H2,1-2H3. The van der Waals surface area contributed by atoms with Gasteiger partial charge in [-0.05, 0) is 38.8 Å². The van der Waals surface area contributed by atoms with Crippen molar-refractivity contribution >= 4 is 10.0 Å². The van der Waals surface area contributed by atoms with Crippen LogP contribution in [0.25, 0.3) is 0 Å². The molecule has 0 bridgehead atoms. The van der Waals surface area contributed by atoms with Crippen LogP contribution in [0, 0.1) is 5.92 Å². The van der Waals surface area contributed by atoms with E-state index in [2.05, 4.69) is 5.32 Å². The smallest absolute Gasteiger partial charge is 0.214 e. The quantitative estimate of drug-likeness (QED) is 0.671. The number of likely N-dealkylation sites (N-methyl/N-ethyl adjacent to an activating group) is 1. The molecule has 5 nitrogen and oxygen atoms in total. The summed E-state index contributed by atoms with van der Waals surface area (Å²) in [5.41, 5.74) is 0. The third-order valence-electron chi connectivity index (χ3n) is 3.07. The number of piperidine rings is 1. The first-order valence-electron chi connectivity index (χ1n) is 6.28. The molecule has 0 aliphatic carbocycles. The summed E-state index contributed by atoms with van der Waals surface area (Å²) in [6, 6.07) is 0. The van der Waals surface area contributed by atoms with E-state index in [0.717, 1.165) is 25.9 Å². The van der Waals surface area contributed by atoms with Gasteiger partial charge in [-0.2, -0.15) is 0 Å². The number of hydrogen-bond donors (Lipinski definition) is 1. The zero-order valence-corrected chi connectivity index (χ0v) is 11.6. The van der Waals surface area contributed by atoms with E-state index in [4.69, 9.17) is 4.74 Å². The third-order valence-corrected chi connectivity index (χ3v) is 5.10. The first-order valence-corrected chi connectivity index (χ1v) is 7.89. The maximum Gasteiger partial charge on any atom is 0.214 e. The summed E-state index contributed by atoms with van der Waals surface area (Å²) in [6.45, 7) is 5.27. The van der Waals surface area contributed by atoms with Gasteiger partial charge in [-0.15, -0.1) is 0 Å². The fourth-order valence-corrected chi connectivity index (χ4v) is 3.46. The topological polar surface area (TPSA) is 58.6 Å². The second-order valence-electron chi connectivity index (χ2n) is 4.51. The Morgan fingerprint density at radius 2 is 2.24 bits per heavy atom. The molecule has 0 amide bonds. The van der Waals surface area contributed by atoms with Gasteiger partial charge in [-0.3, -0.25) is 0 Å². The van der Waals surface area contributed by atoms with Crippen molar-refractivity contribution in [3.63, 3.8) is 0 Å². The van der Waals surface area contributed by atoms with Crippen molar-refractivity contribution in [2.45, 2.75) is 19.8 Å². The number of nitrogens with one attached hydrogen (secondary N) is 1. The summed E-state index contributed by atoms with van der Waals surface area (Å²) in [4.78, 5) is 0. The molecule has 0 saturated carbocycles. The Labute approximate surface area is 105 Å². The molecule has 6 heteroatoms. The lowest BCUT2D eigenvalue weighted by Gasteiger charge is -2.25. The summed E-state index contributed by atoms with van der Waals surface area (Å²) < 4.78 is 30.7. The Bertz CT molecular complexity index is 300. The van der Waals surface area contributed by atoms with E-state index in [0.29, 0.717) is 19.8 Å². The normalized spacial score (nSPS) is 21.9. The molecule has 1 heterocycles. The van der Waals surface area contributed by atoms with Crippen LogP contribution < -0.4 is 5.32 Å². The molecule has 0 aromatic heterocycles. The SMILES string of the molecule is CCOCCN(C)S(=O)(=O)CC1CCCNC1. The predicted molar refractivity (Wildman–Crippen MR) is 68.5 cm³/mol. The molecule has 1 aliphatic heterocycles. The molecule has 0 spiro atoms. The predicted octanol–water partition coefficient (Wildman–Crippen LogP) is 0.284. The minimum atomic E-state index is -3.13. The minimum absolute atomic E-state index is 0.253. The minimum Gasteiger partial charge on any atom is -0.380 e. The molecule has 1 atom stereocenters. The van der Waals surface area contributed by atoms with Gasteiger partial charge in [-0.1, -0.05) is 0 Å². The highest BCUT2D eigenvalue weighted by Crippen LogP contribution is 2.14. The van der Waals surface area contributed by atoms with Crippen molar-refractivity contribution in [1.82, 2.24) is 9.62 Å². The molecule has 0 radical (unpaired) electrons. The Hall–Kier alpha value is -0.170. The summed E-state index contributed by atoms with van der Waals surface area (Å²) >= 11 is 0. The lowest BCUT2D eigenvalue weighted by molar-refractivity contribution is 0.138. The van der Waals surface area contributed by atoms with Gasteiger partial charge in [-0.25, -0.2) is 12.7 Å². The molecule has 0 aromatic carbocycles. The molecule has 1 aliphatic rings. The number of hydrogen-bond acceptors (Lipinski definition) is 4. The molecule has 1 fully saturated rings. The van der Waals surface area contributed by atoms with E-state index >= 15 is 0 Å². The van der Waals surface area contributed by atoms with Gasteiger partial charge in [0.05, 0.1) is 12.4 Å². The number of ether oxygens (including phenoxy) is 1. The number of rotatable bonds is 7. The van der Waals surface area contributed by atoms with E-state index in [1.165, 1.54) is 4.31 Å². The Kier molecular flexibility index (Phi) is 6.40. The van der Waals surface area contributed by atoms with Gasteiger partial charge in [0.15, 0.2) is 0 Å². The van der Waals surface area contributed by atoms with Gasteiger partial charge >= 0.3 is 0 Å². The monoisotopic (exact) mass is 264 g/mol. The first kappa shape index (κ1) is 14.9. The molecule has 1 saturated heterocycles. The summed E-state index contributed by atoms with van der Waals surface area (Å²) in [5, 5.41) is 3.24. The van der Waals surface area contributed by atoms with Crippen molar-refractivity contribution < 1.29 is 13.2 Å². The van der Waals surface area contributed by atoms with Gasteiger partial charge in [0, 0.05) is 20.2 Å². The third kappa shape index (κ3) is 5.33. The van der Waals surface area contributed by atoms with Crippen LogP contribution in [0.15, 0.2) is 0 Å². The van der Waals surface area contributed by atoms with Crippen LogP contribution in [0.3, 0.4) is 0 Å². The van der Waals surface area contributed by atoms with Gasteiger partial charge in [0.1, 0.15) is 0 Å². The number of nitrogens with zero attached hydrogens (tertiary/aromatic N) is 1. The lowest BCUT2D eigenvalue weighted by Crippen LogP contribution is -2.39. The average molecular weight is 264 g/mol. The molecular formula is C11H24N2O3S. The van der Waals surface area contributed by atoms with Crippen molar-refractivity contribution in [3.05, 3.63) is 0 Å². The van der Waals surface area contributed by atoms with Crippen LogP contribution in [0.5, 0.6) is 0 Å². The first-order chi connectivity index (χ1) is 8.06. The largest absolute Gasteiger partial charge is 0.380 e. The van der Waals surface area contributed by atoms with Crippen LogP contribution >= 0.6 is 0 Å². The summed E-state index contributed by atoms with van der Waals surface area (Å²) in [5.74, 6) is 0.506. The second-order valence-corrected chi connectivity index (χ2v) is 6.63. The van der Waals surface area contributed by atoms with E-state index in [-0.39, 0.29) is 11.7 Å².